The highest BCUT2D eigenvalue weighted by Crippen LogP contribution is 2.39. The van der Waals surface area contributed by atoms with E-state index in [1.165, 1.54) is 22.3 Å². The lowest BCUT2D eigenvalue weighted by Gasteiger charge is -2.11. The molecular weight excluding hydrogens is 743 g/mol. The van der Waals surface area contributed by atoms with Crippen LogP contribution in [-0.2, 0) is 0 Å². The Morgan fingerprint density at radius 3 is 1.11 bits per heavy atom. The molecule has 0 aliphatic heterocycles. The molecule has 0 fully saturated rings. The summed E-state index contributed by atoms with van der Waals surface area (Å²) in [4.78, 5) is 15.4. The van der Waals surface area contributed by atoms with E-state index in [9.17, 15) is 0 Å². The van der Waals surface area contributed by atoms with Crippen LogP contribution in [0.25, 0.3) is 112 Å². The molecule has 0 saturated carbocycles. The van der Waals surface area contributed by atoms with E-state index in [0.29, 0.717) is 17.5 Å². The van der Waals surface area contributed by atoms with Crippen molar-refractivity contribution in [1.29, 1.82) is 0 Å². The summed E-state index contributed by atoms with van der Waals surface area (Å²) in [6.07, 6.45) is 0. The summed E-state index contributed by atoms with van der Waals surface area (Å²) in [7, 11) is 0. The standard InChI is InChI=1S/C57H37N3O/c1-4-13-38(14-5-1)45-19-10-21-47(35-45)40-25-29-43(30-26-40)55-58-56(44-31-27-41(28-32-44)48-22-11-20-46(36-48)39-15-6-2-7-16-39)60-57(59-55)49-33-34-51-53(37-49)61-52-24-12-23-50(54(51)52)42-17-8-3-9-18-42/h1-37H. The molecule has 0 radical (unpaired) electrons. The molecule has 11 aromatic rings. The van der Waals surface area contributed by atoms with Gasteiger partial charge in [0.15, 0.2) is 17.5 Å². The highest BCUT2D eigenvalue weighted by molar-refractivity contribution is 6.13. The van der Waals surface area contributed by atoms with Gasteiger partial charge in [0.05, 0.1) is 0 Å². The van der Waals surface area contributed by atoms with Gasteiger partial charge in [-0.15, -0.1) is 0 Å². The van der Waals surface area contributed by atoms with Crippen molar-refractivity contribution >= 4 is 21.9 Å². The Bertz CT molecular complexity index is 3180. The van der Waals surface area contributed by atoms with Gasteiger partial charge in [0.2, 0.25) is 0 Å². The van der Waals surface area contributed by atoms with Crippen molar-refractivity contribution in [1.82, 2.24) is 15.0 Å². The molecule has 0 N–H and O–H groups in total. The van der Waals surface area contributed by atoms with Crippen LogP contribution in [0.3, 0.4) is 0 Å². The molecule has 0 atom stereocenters. The molecule has 11 rings (SSSR count). The summed E-state index contributed by atoms with van der Waals surface area (Å²) in [5.74, 6) is 1.77. The highest BCUT2D eigenvalue weighted by Gasteiger charge is 2.17. The monoisotopic (exact) mass is 779 g/mol. The van der Waals surface area contributed by atoms with Crippen LogP contribution in [0.5, 0.6) is 0 Å². The van der Waals surface area contributed by atoms with Gasteiger partial charge >= 0.3 is 0 Å². The van der Waals surface area contributed by atoms with Gasteiger partial charge in [0.1, 0.15) is 11.2 Å². The van der Waals surface area contributed by atoms with Crippen molar-refractivity contribution in [3.8, 4) is 89.8 Å². The van der Waals surface area contributed by atoms with Gasteiger partial charge in [-0.2, -0.15) is 0 Å². The third-order valence-corrected chi connectivity index (χ3v) is 11.4. The highest BCUT2D eigenvalue weighted by atomic mass is 16.3. The van der Waals surface area contributed by atoms with Crippen molar-refractivity contribution < 1.29 is 4.42 Å². The maximum atomic E-state index is 6.52. The molecule has 2 aromatic heterocycles. The predicted octanol–water partition coefficient (Wildman–Crippen LogP) is 15.1. The molecule has 2 heterocycles. The first-order valence-corrected chi connectivity index (χ1v) is 20.5. The first kappa shape index (κ1) is 35.9. The van der Waals surface area contributed by atoms with Crippen LogP contribution in [0.1, 0.15) is 0 Å². The molecule has 4 heteroatoms. The molecule has 0 aliphatic rings. The Balaban J connectivity index is 0.989. The van der Waals surface area contributed by atoms with Crippen LogP contribution in [0.4, 0.5) is 0 Å². The Kier molecular flexibility index (Phi) is 9.14. The molecule has 4 nitrogen and oxygen atoms in total. The summed E-state index contributed by atoms with van der Waals surface area (Å²) >= 11 is 0. The lowest BCUT2D eigenvalue weighted by Crippen LogP contribution is -2.00. The fourth-order valence-electron chi connectivity index (χ4n) is 8.23. The molecule has 9 aromatic carbocycles. The average molecular weight is 780 g/mol. The van der Waals surface area contributed by atoms with Crippen molar-refractivity contribution in [2.24, 2.45) is 0 Å². The van der Waals surface area contributed by atoms with E-state index in [1.54, 1.807) is 0 Å². The summed E-state index contributed by atoms with van der Waals surface area (Å²) < 4.78 is 6.52. The second kappa shape index (κ2) is 15.5. The van der Waals surface area contributed by atoms with Gasteiger partial charge in [-0.05, 0) is 86.0 Å². The molecule has 0 unspecified atom stereocenters. The Morgan fingerprint density at radius 2 is 0.623 bits per heavy atom. The van der Waals surface area contributed by atoms with E-state index in [0.717, 1.165) is 72.0 Å². The Morgan fingerprint density at radius 1 is 0.246 bits per heavy atom. The largest absolute Gasteiger partial charge is 0.456 e. The van der Waals surface area contributed by atoms with E-state index < -0.39 is 0 Å². The number of nitrogens with zero attached hydrogens (tertiary/aromatic N) is 3. The first-order chi connectivity index (χ1) is 30.2. The minimum Gasteiger partial charge on any atom is -0.456 e. The fraction of sp³-hybridized carbons (Fsp3) is 0. The van der Waals surface area contributed by atoms with E-state index >= 15 is 0 Å². The molecule has 0 amide bonds. The van der Waals surface area contributed by atoms with Crippen molar-refractivity contribution in [3.05, 3.63) is 224 Å². The summed E-state index contributed by atoms with van der Waals surface area (Å²) in [5, 5.41) is 2.14. The number of hydrogen-bond acceptors (Lipinski definition) is 4. The van der Waals surface area contributed by atoms with Crippen LogP contribution in [0.15, 0.2) is 229 Å². The lowest BCUT2D eigenvalue weighted by molar-refractivity contribution is 0.669. The second-order valence-corrected chi connectivity index (χ2v) is 15.2. The SMILES string of the molecule is c1ccc(-c2cccc(-c3ccc(-c4nc(-c5ccc(-c6cccc(-c7ccccc7)c6)cc5)nc(-c5ccc6c(c5)oc5cccc(-c7ccccc7)c56)n4)cc3)c2)cc1. The second-order valence-electron chi connectivity index (χ2n) is 15.2. The maximum Gasteiger partial charge on any atom is 0.164 e. The smallest absolute Gasteiger partial charge is 0.164 e. The predicted molar refractivity (Wildman–Crippen MR) is 251 cm³/mol. The number of furan rings is 1. The Labute approximate surface area is 354 Å². The van der Waals surface area contributed by atoms with Crippen molar-refractivity contribution in [2.75, 3.05) is 0 Å². The van der Waals surface area contributed by atoms with E-state index in [1.807, 2.05) is 24.3 Å². The van der Waals surface area contributed by atoms with E-state index in [2.05, 4.69) is 200 Å². The zero-order valence-electron chi connectivity index (χ0n) is 33.1. The van der Waals surface area contributed by atoms with Crippen LogP contribution in [0.2, 0.25) is 0 Å². The van der Waals surface area contributed by atoms with Gasteiger partial charge in [-0.1, -0.05) is 194 Å². The zero-order valence-corrected chi connectivity index (χ0v) is 33.1. The summed E-state index contributed by atoms with van der Waals surface area (Å²) in [5.41, 5.74) is 15.8. The first-order valence-electron chi connectivity index (χ1n) is 20.5. The number of fused-ring (bicyclic) bond motifs is 3. The van der Waals surface area contributed by atoms with E-state index in [-0.39, 0.29) is 0 Å². The maximum absolute atomic E-state index is 6.52. The molecule has 286 valence electrons. The average Bonchev–Trinajstić information content (AvgIpc) is 3.73. The minimum atomic E-state index is 0.574. The third-order valence-electron chi connectivity index (χ3n) is 11.4. The van der Waals surface area contributed by atoms with Crippen molar-refractivity contribution in [2.45, 2.75) is 0 Å². The molecular formula is C57H37N3O. The van der Waals surface area contributed by atoms with Crippen LogP contribution in [0, 0.1) is 0 Å². The van der Waals surface area contributed by atoms with Crippen LogP contribution in [-0.4, -0.2) is 15.0 Å². The van der Waals surface area contributed by atoms with Gasteiger partial charge < -0.3 is 4.42 Å². The minimum absolute atomic E-state index is 0.574. The number of benzene rings is 9. The fourth-order valence-corrected chi connectivity index (χ4v) is 8.23. The van der Waals surface area contributed by atoms with Crippen molar-refractivity contribution in [3.63, 3.8) is 0 Å². The lowest BCUT2D eigenvalue weighted by atomic mass is 9.98. The molecule has 0 spiro atoms. The van der Waals surface area contributed by atoms with Gasteiger partial charge in [0, 0.05) is 27.5 Å². The normalized spacial score (nSPS) is 11.3. The van der Waals surface area contributed by atoms with Gasteiger partial charge in [-0.25, -0.2) is 15.0 Å². The molecule has 61 heavy (non-hydrogen) atoms. The zero-order chi connectivity index (χ0) is 40.5. The molecule has 0 aliphatic carbocycles. The summed E-state index contributed by atoms with van der Waals surface area (Å²) in [6.45, 7) is 0. The molecule has 0 bridgehead atoms. The van der Waals surface area contributed by atoms with Gasteiger partial charge in [-0.3, -0.25) is 0 Å². The number of hydrogen-bond donors (Lipinski definition) is 0. The van der Waals surface area contributed by atoms with Crippen LogP contribution >= 0.6 is 0 Å². The summed E-state index contributed by atoms with van der Waals surface area (Å²) in [6, 6.07) is 78.2. The van der Waals surface area contributed by atoms with Gasteiger partial charge in [0.25, 0.3) is 0 Å². The third kappa shape index (κ3) is 7.07. The number of rotatable bonds is 8. The molecule has 0 saturated heterocycles. The van der Waals surface area contributed by atoms with Crippen LogP contribution < -0.4 is 0 Å². The number of aromatic nitrogens is 3. The van der Waals surface area contributed by atoms with E-state index in [4.69, 9.17) is 19.4 Å². The topological polar surface area (TPSA) is 51.8 Å². The Hall–Kier alpha value is -8.21. The quantitative estimate of drug-likeness (QED) is 0.154.